The fourth-order valence-corrected chi connectivity index (χ4v) is 1.69. The Bertz CT molecular complexity index is 207. The Morgan fingerprint density at radius 2 is 2.30 bits per heavy atom. The molecule has 0 aliphatic carbocycles. The van der Waals surface area contributed by atoms with E-state index in [4.69, 9.17) is 11.6 Å². The molecule has 1 nitrogen and oxygen atoms in total. The third-order valence-corrected chi connectivity index (χ3v) is 2.43. The van der Waals surface area contributed by atoms with Gasteiger partial charge in [0.1, 0.15) is 0 Å². The van der Waals surface area contributed by atoms with Gasteiger partial charge in [0.25, 0.3) is 0 Å². The third-order valence-electron chi connectivity index (χ3n) is 1.18. The van der Waals surface area contributed by atoms with E-state index in [1.54, 1.807) is 11.3 Å². The van der Waals surface area contributed by atoms with Crippen molar-refractivity contribution in [3.63, 3.8) is 0 Å². The van der Waals surface area contributed by atoms with Crippen LogP contribution in [0.25, 0.3) is 0 Å². The predicted octanol–water partition coefficient (Wildman–Crippen LogP) is 2.46. The number of halogens is 1. The van der Waals surface area contributed by atoms with Gasteiger partial charge in [-0.3, -0.25) is 0 Å². The van der Waals surface area contributed by atoms with Crippen LogP contribution in [0.15, 0.2) is 11.4 Å². The lowest BCUT2D eigenvalue weighted by Gasteiger charge is -2.07. The molecule has 3 heteroatoms. The highest BCUT2D eigenvalue weighted by atomic mass is 35.5. The number of hydrogen-bond donors (Lipinski definition) is 0. The fraction of sp³-hybridized carbons (Fsp3) is 0.429. The number of hydrogen-bond acceptors (Lipinski definition) is 2. The molecule has 10 heavy (non-hydrogen) atoms. The molecule has 0 aliphatic heterocycles. The van der Waals surface area contributed by atoms with Crippen LogP contribution in [0.1, 0.15) is 5.56 Å². The first-order chi connectivity index (χ1) is 4.70. The predicted molar refractivity (Wildman–Crippen MR) is 46.7 cm³/mol. The van der Waals surface area contributed by atoms with E-state index in [2.05, 4.69) is 11.0 Å². The Kier molecular flexibility index (Phi) is 2.72. The lowest BCUT2D eigenvalue weighted by molar-refractivity contribution is 0.403. The maximum absolute atomic E-state index is 5.88. The maximum Gasteiger partial charge on any atom is 0.0973 e. The zero-order valence-corrected chi connectivity index (χ0v) is 7.67. The van der Waals surface area contributed by atoms with Gasteiger partial charge in [-0.25, -0.2) is 0 Å². The first-order valence-electron chi connectivity index (χ1n) is 3.07. The van der Waals surface area contributed by atoms with Gasteiger partial charge < -0.3 is 4.90 Å². The zero-order valence-electron chi connectivity index (χ0n) is 6.10. The maximum atomic E-state index is 5.88. The molecular weight excluding hydrogens is 166 g/mol. The van der Waals surface area contributed by atoms with Gasteiger partial charge in [0.2, 0.25) is 0 Å². The van der Waals surface area contributed by atoms with Crippen molar-refractivity contribution in [2.75, 3.05) is 14.1 Å². The SMILES string of the molecule is CN(C)Cc1ccsc1Cl. The monoisotopic (exact) mass is 175 g/mol. The molecule has 0 unspecified atom stereocenters. The molecule has 0 amide bonds. The van der Waals surface area contributed by atoms with Crippen LogP contribution in [-0.4, -0.2) is 19.0 Å². The molecule has 1 heterocycles. The van der Waals surface area contributed by atoms with E-state index in [0.717, 1.165) is 10.9 Å². The van der Waals surface area contributed by atoms with Gasteiger partial charge in [0, 0.05) is 6.54 Å². The second-order valence-electron chi connectivity index (χ2n) is 2.46. The molecule has 0 N–H and O–H groups in total. The van der Waals surface area contributed by atoms with Gasteiger partial charge in [-0.05, 0) is 31.1 Å². The highest BCUT2D eigenvalue weighted by molar-refractivity contribution is 7.14. The second kappa shape index (κ2) is 3.37. The molecule has 1 rings (SSSR count). The normalized spacial score (nSPS) is 10.8. The standard InChI is InChI=1S/C7H10ClNS/c1-9(2)5-6-3-4-10-7(6)8/h3-4H,5H2,1-2H3. The first kappa shape index (κ1) is 8.05. The summed E-state index contributed by atoms with van der Waals surface area (Å²) in [6.45, 7) is 0.933. The molecule has 0 atom stereocenters. The van der Waals surface area contributed by atoms with E-state index in [1.165, 1.54) is 5.56 Å². The zero-order chi connectivity index (χ0) is 7.56. The van der Waals surface area contributed by atoms with E-state index in [0.29, 0.717) is 0 Å². The largest absolute Gasteiger partial charge is 0.305 e. The van der Waals surface area contributed by atoms with Crippen LogP contribution in [0.2, 0.25) is 4.34 Å². The summed E-state index contributed by atoms with van der Waals surface area (Å²) in [4.78, 5) is 2.11. The van der Waals surface area contributed by atoms with Crippen molar-refractivity contribution in [2.24, 2.45) is 0 Å². The van der Waals surface area contributed by atoms with Gasteiger partial charge >= 0.3 is 0 Å². The van der Waals surface area contributed by atoms with Crippen LogP contribution in [0, 0.1) is 0 Å². The van der Waals surface area contributed by atoms with Crippen LogP contribution < -0.4 is 0 Å². The van der Waals surface area contributed by atoms with Gasteiger partial charge in [-0.15, -0.1) is 11.3 Å². The number of thiophene rings is 1. The molecular formula is C7H10ClNS. The summed E-state index contributed by atoms with van der Waals surface area (Å²) >= 11 is 7.46. The van der Waals surface area contributed by atoms with Crippen LogP contribution in [0.3, 0.4) is 0 Å². The van der Waals surface area contributed by atoms with E-state index in [9.17, 15) is 0 Å². The average Bonchev–Trinajstić information content (AvgIpc) is 2.15. The summed E-state index contributed by atoms with van der Waals surface area (Å²) in [5.41, 5.74) is 1.22. The quantitative estimate of drug-likeness (QED) is 0.668. The number of nitrogens with zero attached hydrogens (tertiary/aromatic N) is 1. The van der Waals surface area contributed by atoms with Crippen molar-refractivity contribution >= 4 is 22.9 Å². The van der Waals surface area contributed by atoms with Crippen molar-refractivity contribution in [2.45, 2.75) is 6.54 Å². The summed E-state index contributed by atoms with van der Waals surface area (Å²) in [6.07, 6.45) is 0. The van der Waals surface area contributed by atoms with Crippen LogP contribution in [-0.2, 0) is 6.54 Å². The van der Waals surface area contributed by atoms with E-state index in [-0.39, 0.29) is 0 Å². The minimum atomic E-state index is 0.911. The average molecular weight is 176 g/mol. The highest BCUT2D eigenvalue weighted by Crippen LogP contribution is 2.23. The van der Waals surface area contributed by atoms with Crippen LogP contribution in [0.5, 0.6) is 0 Å². The smallest absolute Gasteiger partial charge is 0.0973 e. The van der Waals surface area contributed by atoms with Gasteiger partial charge in [0.15, 0.2) is 0 Å². The molecule has 0 fully saturated rings. The Morgan fingerprint density at radius 1 is 1.60 bits per heavy atom. The Balaban J connectivity index is 2.65. The highest BCUT2D eigenvalue weighted by Gasteiger charge is 2.00. The van der Waals surface area contributed by atoms with Crippen LogP contribution in [0.4, 0.5) is 0 Å². The molecule has 0 aliphatic rings. The second-order valence-corrected chi connectivity index (χ2v) is 3.98. The van der Waals surface area contributed by atoms with Gasteiger partial charge in [0.05, 0.1) is 4.34 Å². The van der Waals surface area contributed by atoms with Crippen LogP contribution >= 0.6 is 22.9 Å². The lowest BCUT2D eigenvalue weighted by Crippen LogP contribution is -2.09. The van der Waals surface area contributed by atoms with Gasteiger partial charge in [-0.2, -0.15) is 0 Å². The van der Waals surface area contributed by atoms with Gasteiger partial charge in [-0.1, -0.05) is 11.6 Å². The van der Waals surface area contributed by atoms with Crippen molar-refractivity contribution in [1.29, 1.82) is 0 Å². The third kappa shape index (κ3) is 1.97. The van der Waals surface area contributed by atoms with Crippen molar-refractivity contribution in [1.82, 2.24) is 4.90 Å². The Labute approximate surface area is 70.2 Å². The van der Waals surface area contributed by atoms with Crippen molar-refractivity contribution in [3.05, 3.63) is 21.3 Å². The molecule has 56 valence electrons. The number of rotatable bonds is 2. The Morgan fingerprint density at radius 3 is 2.70 bits per heavy atom. The van der Waals surface area contributed by atoms with Crippen molar-refractivity contribution in [3.8, 4) is 0 Å². The molecule has 0 bridgehead atoms. The summed E-state index contributed by atoms with van der Waals surface area (Å²) in [7, 11) is 4.07. The van der Waals surface area contributed by atoms with E-state index in [1.807, 2.05) is 19.5 Å². The molecule has 0 spiro atoms. The molecule has 0 saturated carbocycles. The Hall–Kier alpha value is -0.0500. The topological polar surface area (TPSA) is 3.24 Å². The fourth-order valence-electron chi connectivity index (χ4n) is 0.773. The molecule has 0 saturated heterocycles. The summed E-state index contributed by atoms with van der Waals surface area (Å²) < 4.78 is 0.911. The lowest BCUT2D eigenvalue weighted by atomic mass is 10.3. The summed E-state index contributed by atoms with van der Waals surface area (Å²) in [6, 6.07) is 2.06. The molecule has 0 aromatic carbocycles. The molecule has 1 aromatic rings. The first-order valence-corrected chi connectivity index (χ1v) is 4.32. The molecule has 1 aromatic heterocycles. The molecule has 0 radical (unpaired) electrons. The minimum absolute atomic E-state index is 0.911. The summed E-state index contributed by atoms with van der Waals surface area (Å²) in [5, 5.41) is 2.02. The van der Waals surface area contributed by atoms with Crippen molar-refractivity contribution < 1.29 is 0 Å². The van der Waals surface area contributed by atoms with E-state index >= 15 is 0 Å². The minimum Gasteiger partial charge on any atom is -0.305 e. The summed E-state index contributed by atoms with van der Waals surface area (Å²) in [5.74, 6) is 0. The van der Waals surface area contributed by atoms with E-state index < -0.39 is 0 Å².